The van der Waals surface area contributed by atoms with Gasteiger partial charge in [-0.25, -0.2) is 0 Å². The van der Waals surface area contributed by atoms with Crippen LogP contribution in [0.4, 0.5) is 0 Å². The minimum Gasteiger partial charge on any atom is -0.395 e. The molecule has 1 atom stereocenters. The topological polar surface area (TPSA) is 58.6 Å². The molecule has 1 rings (SSSR count). The molecule has 1 aliphatic heterocycles. The van der Waals surface area contributed by atoms with Crippen LogP contribution in [0.3, 0.4) is 0 Å². The fourth-order valence-electron chi connectivity index (χ4n) is 2.26. The molecule has 4 heteroatoms. The molecular formula is C13H25NO3. The lowest BCUT2D eigenvalue weighted by Gasteiger charge is -2.29. The number of nitrogens with one attached hydrogen (secondary N) is 1. The van der Waals surface area contributed by atoms with Crippen LogP contribution < -0.4 is 5.32 Å². The van der Waals surface area contributed by atoms with Gasteiger partial charge in [-0.1, -0.05) is 13.8 Å². The number of aliphatic hydroxyl groups is 1. The number of rotatable bonds is 6. The van der Waals surface area contributed by atoms with Gasteiger partial charge in [0.15, 0.2) is 0 Å². The predicted octanol–water partition coefficient (Wildman–Crippen LogP) is 1.33. The summed E-state index contributed by atoms with van der Waals surface area (Å²) >= 11 is 0. The van der Waals surface area contributed by atoms with Crippen LogP contribution >= 0.6 is 0 Å². The van der Waals surface area contributed by atoms with Gasteiger partial charge in [0.25, 0.3) is 0 Å². The van der Waals surface area contributed by atoms with E-state index in [-0.39, 0.29) is 12.5 Å². The minimum absolute atomic E-state index is 0.0180. The van der Waals surface area contributed by atoms with E-state index in [0.29, 0.717) is 25.3 Å². The zero-order chi connectivity index (χ0) is 12.7. The Hall–Kier alpha value is -0.610. The molecule has 1 fully saturated rings. The molecule has 1 saturated heterocycles. The lowest BCUT2D eigenvalue weighted by molar-refractivity contribution is -0.134. The summed E-state index contributed by atoms with van der Waals surface area (Å²) in [5, 5.41) is 12.4. The standard InChI is InChI=1S/C13H25NO3/c1-3-13(4-2,10-15)12(16)14-8-11-6-5-7-17-9-11/h11,15H,3-10H2,1-2H3,(H,14,16)/t11-/m1/s1. The van der Waals surface area contributed by atoms with Crippen molar-refractivity contribution in [1.82, 2.24) is 5.32 Å². The minimum atomic E-state index is -0.602. The van der Waals surface area contributed by atoms with E-state index in [0.717, 1.165) is 26.1 Å². The number of amides is 1. The lowest BCUT2D eigenvalue weighted by atomic mass is 9.82. The van der Waals surface area contributed by atoms with E-state index in [2.05, 4.69) is 5.32 Å². The van der Waals surface area contributed by atoms with E-state index >= 15 is 0 Å². The van der Waals surface area contributed by atoms with Gasteiger partial charge >= 0.3 is 0 Å². The third-order valence-corrected chi connectivity index (χ3v) is 3.94. The number of aliphatic hydroxyl groups excluding tert-OH is 1. The first-order valence-corrected chi connectivity index (χ1v) is 6.65. The monoisotopic (exact) mass is 243 g/mol. The second kappa shape index (κ2) is 6.97. The highest BCUT2D eigenvalue weighted by Gasteiger charge is 2.34. The van der Waals surface area contributed by atoms with Crippen molar-refractivity contribution < 1.29 is 14.6 Å². The fourth-order valence-corrected chi connectivity index (χ4v) is 2.26. The smallest absolute Gasteiger partial charge is 0.228 e. The van der Waals surface area contributed by atoms with Gasteiger partial charge in [-0.2, -0.15) is 0 Å². The maximum Gasteiger partial charge on any atom is 0.228 e. The highest BCUT2D eigenvalue weighted by Crippen LogP contribution is 2.26. The van der Waals surface area contributed by atoms with Crippen LogP contribution in [0.5, 0.6) is 0 Å². The van der Waals surface area contributed by atoms with Gasteiger partial charge in [-0.05, 0) is 31.6 Å². The van der Waals surface area contributed by atoms with Crippen molar-refractivity contribution >= 4 is 5.91 Å². The molecular weight excluding hydrogens is 218 g/mol. The summed E-state index contributed by atoms with van der Waals surface area (Å²) in [5.74, 6) is 0.411. The maximum absolute atomic E-state index is 12.1. The Kier molecular flexibility index (Phi) is 5.92. The molecule has 0 bridgehead atoms. The number of ether oxygens (including phenoxy) is 1. The summed E-state index contributed by atoms with van der Waals surface area (Å²) in [6.45, 7) is 6.07. The lowest BCUT2D eigenvalue weighted by Crippen LogP contribution is -2.45. The Balaban J connectivity index is 2.41. The normalized spacial score (nSPS) is 21.2. The van der Waals surface area contributed by atoms with Crippen molar-refractivity contribution in [3.8, 4) is 0 Å². The van der Waals surface area contributed by atoms with Crippen LogP contribution in [0, 0.1) is 11.3 Å². The quantitative estimate of drug-likeness (QED) is 0.740. The average molecular weight is 243 g/mol. The predicted molar refractivity (Wildman–Crippen MR) is 66.7 cm³/mol. The maximum atomic E-state index is 12.1. The van der Waals surface area contributed by atoms with E-state index in [9.17, 15) is 9.90 Å². The molecule has 1 aliphatic rings. The van der Waals surface area contributed by atoms with Crippen molar-refractivity contribution in [1.29, 1.82) is 0 Å². The molecule has 100 valence electrons. The van der Waals surface area contributed by atoms with Crippen molar-refractivity contribution in [3.05, 3.63) is 0 Å². The van der Waals surface area contributed by atoms with Crippen LogP contribution in [0.25, 0.3) is 0 Å². The first-order chi connectivity index (χ1) is 8.18. The van der Waals surface area contributed by atoms with Gasteiger partial charge in [-0.3, -0.25) is 4.79 Å². The highest BCUT2D eigenvalue weighted by molar-refractivity contribution is 5.82. The van der Waals surface area contributed by atoms with E-state index in [1.165, 1.54) is 0 Å². The number of hydrogen-bond acceptors (Lipinski definition) is 3. The molecule has 0 aromatic rings. The van der Waals surface area contributed by atoms with Crippen LogP contribution in [0.2, 0.25) is 0 Å². The second-order valence-corrected chi connectivity index (χ2v) is 4.94. The number of carbonyl (C=O) groups excluding carboxylic acids is 1. The SMILES string of the molecule is CCC(CC)(CO)C(=O)NC[C@H]1CCCOC1. The number of hydrogen-bond donors (Lipinski definition) is 2. The summed E-state index contributed by atoms with van der Waals surface area (Å²) in [5.41, 5.74) is -0.602. The molecule has 0 aromatic heterocycles. The largest absolute Gasteiger partial charge is 0.395 e. The molecule has 0 aliphatic carbocycles. The van der Waals surface area contributed by atoms with Crippen LogP contribution in [-0.4, -0.2) is 37.4 Å². The average Bonchev–Trinajstić information content (AvgIpc) is 2.40. The van der Waals surface area contributed by atoms with Gasteiger partial charge < -0.3 is 15.2 Å². The third-order valence-electron chi connectivity index (χ3n) is 3.94. The van der Waals surface area contributed by atoms with Crippen molar-refractivity contribution in [2.24, 2.45) is 11.3 Å². The molecule has 1 heterocycles. The zero-order valence-corrected chi connectivity index (χ0v) is 11.0. The summed E-state index contributed by atoms with van der Waals surface area (Å²) in [6, 6.07) is 0. The Morgan fingerprint density at radius 3 is 2.65 bits per heavy atom. The van der Waals surface area contributed by atoms with Crippen LogP contribution in [0.1, 0.15) is 39.5 Å². The van der Waals surface area contributed by atoms with Crippen molar-refractivity contribution in [2.75, 3.05) is 26.4 Å². The van der Waals surface area contributed by atoms with Crippen LogP contribution in [0.15, 0.2) is 0 Å². The molecule has 0 unspecified atom stereocenters. The molecule has 1 amide bonds. The van der Waals surface area contributed by atoms with Gasteiger partial charge in [-0.15, -0.1) is 0 Å². The molecule has 2 N–H and O–H groups in total. The molecule has 0 radical (unpaired) electrons. The van der Waals surface area contributed by atoms with E-state index in [1.807, 2.05) is 13.8 Å². The van der Waals surface area contributed by atoms with E-state index in [4.69, 9.17) is 4.74 Å². The van der Waals surface area contributed by atoms with Crippen LogP contribution in [-0.2, 0) is 9.53 Å². The second-order valence-electron chi connectivity index (χ2n) is 4.94. The summed E-state index contributed by atoms with van der Waals surface area (Å²) in [6.07, 6.45) is 3.54. The Bertz CT molecular complexity index is 225. The van der Waals surface area contributed by atoms with Gasteiger partial charge in [0.1, 0.15) is 0 Å². The summed E-state index contributed by atoms with van der Waals surface area (Å²) < 4.78 is 5.38. The van der Waals surface area contributed by atoms with E-state index < -0.39 is 5.41 Å². The Labute approximate surface area is 104 Å². The van der Waals surface area contributed by atoms with Gasteiger partial charge in [0.05, 0.1) is 18.6 Å². The summed E-state index contributed by atoms with van der Waals surface area (Å²) in [7, 11) is 0. The molecule has 17 heavy (non-hydrogen) atoms. The number of carbonyl (C=O) groups is 1. The van der Waals surface area contributed by atoms with Crippen molar-refractivity contribution in [2.45, 2.75) is 39.5 Å². The third kappa shape index (κ3) is 3.68. The van der Waals surface area contributed by atoms with Gasteiger partial charge in [0, 0.05) is 13.2 Å². The Morgan fingerprint density at radius 1 is 1.47 bits per heavy atom. The van der Waals surface area contributed by atoms with E-state index in [1.54, 1.807) is 0 Å². The molecule has 0 saturated carbocycles. The summed E-state index contributed by atoms with van der Waals surface area (Å²) in [4.78, 5) is 12.1. The fraction of sp³-hybridized carbons (Fsp3) is 0.923. The molecule has 4 nitrogen and oxygen atoms in total. The Morgan fingerprint density at radius 2 is 2.18 bits per heavy atom. The first-order valence-electron chi connectivity index (χ1n) is 6.65. The highest BCUT2D eigenvalue weighted by atomic mass is 16.5. The zero-order valence-electron chi connectivity index (χ0n) is 11.0. The first kappa shape index (κ1) is 14.5. The van der Waals surface area contributed by atoms with Crippen molar-refractivity contribution in [3.63, 3.8) is 0 Å². The van der Waals surface area contributed by atoms with Gasteiger partial charge in [0.2, 0.25) is 5.91 Å². The molecule has 0 spiro atoms. The molecule has 0 aromatic carbocycles.